The van der Waals surface area contributed by atoms with Crippen LogP contribution in [0.25, 0.3) is 11.1 Å². The van der Waals surface area contributed by atoms with Crippen LogP contribution in [0.1, 0.15) is 140 Å². The molecule has 0 aromatic heterocycles. The van der Waals surface area contributed by atoms with Gasteiger partial charge in [0.2, 0.25) is 0 Å². The molecule has 0 unspecified atom stereocenters. The van der Waals surface area contributed by atoms with Crippen molar-refractivity contribution in [2.24, 2.45) is 0 Å². The number of aryl methyl sites for hydroxylation is 3. The van der Waals surface area contributed by atoms with Crippen molar-refractivity contribution in [3.05, 3.63) is 148 Å². The maximum Gasteiger partial charge on any atom is 0.252 e. The Morgan fingerprint density at radius 1 is 0.459 bits per heavy atom. The van der Waals surface area contributed by atoms with Gasteiger partial charge in [-0.3, -0.25) is 0 Å². The van der Waals surface area contributed by atoms with E-state index >= 15 is 0 Å². The van der Waals surface area contributed by atoms with Gasteiger partial charge in [0.1, 0.15) is 0 Å². The minimum Gasteiger partial charge on any atom is -0.311 e. The highest BCUT2D eigenvalue weighted by Gasteiger charge is 2.49. The van der Waals surface area contributed by atoms with Crippen molar-refractivity contribution in [2.45, 2.75) is 143 Å². The molecule has 2 nitrogen and oxygen atoms in total. The summed E-state index contributed by atoms with van der Waals surface area (Å²) in [6.45, 7) is 33.9. The number of hydrogen-bond donors (Lipinski definition) is 0. The molecule has 61 heavy (non-hydrogen) atoms. The second-order valence-electron chi connectivity index (χ2n) is 23.1. The molecule has 0 bridgehead atoms. The molecule has 0 N–H and O–H groups in total. The Hall–Kier alpha value is -5.02. The van der Waals surface area contributed by atoms with Gasteiger partial charge in [-0.25, -0.2) is 0 Å². The third kappa shape index (κ3) is 6.03. The lowest BCUT2D eigenvalue weighted by atomic mass is 9.33. The SMILES string of the molecule is Cc1cc2c3c(c1)N(c1cc4c(cc1C)C(C)(C)CCC4(C)C)c1cc4c(cc1B3c1ccc(C(C)(C)C)cc1N2c1ccc(-c2ccccc2)cc1C)C(C)(C)CC4(C)C. The Labute approximate surface area is 367 Å². The minimum absolute atomic E-state index is 0.00499. The van der Waals surface area contributed by atoms with Crippen molar-refractivity contribution >= 4 is 57.2 Å². The Kier molecular flexibility index (Phi) is 8.55. The summed E-state index contributed by atoms with van der Waals surface area (Å²) in [5, 5.41) is 0. The van der Waals surface area contributed by atoms with Gasteiger partial charge in [0, 0.05) is 34.1 Å². The van der Waals surface area contributed by atoms with Gasteiger partial charge in [0.15, 0.2) is 0 Å². The van der Waals surface area contributed by atoms with E-state index in [4.69, 9.17) is 0 Å². The smallest absolute Gasteiger partial charge is 0.252 e. The molecule has 0 spiro atoms. The lowest BCUT2D eigenvalue weighted by Crippen LogP contribution is -2.61. The molecule has 3 heteroatoms. The van der Waals surface area contributed by atoms with Gasteiger partial charge in [0.05, 0.1) is 0 Å². The Bertz CT molecular complexity index is 2810. The zero-order valence-electron chi connectivity index (χ0n) is 39.4. The molecule has 0 fully saturated rings. The maximum atomic E-state index is 2.71. The van der Waals surface area contributed by atoms with E-state index in [1.54, 1.807) is 0 Å². The largest absolute Gasteiger partial charge is 0.311 e. The predicted octanol–water partition coefficient (Wildman–Crippen LogP) is 14.0. The van der Waals surface area contributed by atoms with Gasteiger partial charge >= 0.3 is 0 Å². The fourth-order valence-corrected chi connectivity index (χ4v) is 12.2. The fraction of sp³-hybridized carbons (Fsp3) is 0.379. The van der Waals surface area contributed by atoms with Crippen LogP contribution in [0.2, 0.25) is 0 Å². The third-order valence-electron chi connectivity index (χ3n) is 15.5. The monoisotopic (exact) mass is 801 g/mol. The van der Waals surface area contributed by atoms with E-state index < -0.39 is 0 Å². The van der Waals surface area contributed by atoms with Crippen LogP contribution in [0, 0.1) is 20.8 Å². The zero-order valence-corrected chi connectivity index (χ0v) is 39.4. The van der Waals surface area contributed by atoms with Crippen LogP contribution in [-0.2, 0) is 27.1 Å². The first kappa shape index (κ1) is 40.1. The fourth-order valence-electron chi connectivity index (χ4n) is 12.2. The molecule has 2 aliphatic heterocycles. The lowest BCUT2D eigenvalue weighted by Gasteiger charge is -2.47. The zero-order chi connectivity index (χ0) is 43.3. The third-order valence-corrected chi connectivity index (χ3v) is 15.5. The number of benzene rings is 6. The molecule has 0 saturated heterocycles. The standard InChI is InChI=1S/C58H65BN2/c1-35-26-51-53-52(27-35)61(48-32-43-41(29-37(48)3)55(7,8)24-25-56(43,9)10)50-33-44-42(57(11,12)34-58(44,13)14)31-46(50)59(53)45-22-21-40(54(4,5)6)30-49(45)60(51)47-23-20-39(28-36(47)2)38-18-16-15-17-19-38/h15-23,26-33H,24-25,34H2,1-14H3. The van der Waals surface area contributed by atoms with E-state index in [0.717, 1.165) is 6.42 Å². The molecule has 2 heterocycles. The predicted molar refractivity (Wildman–Crippen MR) is 265 cm³/mol. The molecule has 0 radical (unpaired) electrons. The topological polar surface area (TPSA) is 6.48 Å². The highest BCUT2D eigenvalue weighted by atomic mass is 15.2. The van der Waals surface area contributed by atoms with Crippen LogP contribution in [0.15, 0.2) is 103 Å². The molecule has 0 amide bonds. The van der Waals surface area contributed by atoms with Gasteiger partial charge in [-0.05, 0) is 182 Å². The van der Waals surface area contributed by atoms with Crippen molar-refractivity contribution in [2.75, 3.05) is 9.80 Å². The first-order chi connectivity index (χ1) is 28.6. The average Bonchev–Trinajstić information content (AvgIpc) is 3.37. The van der Waals surface area contributed by atoms with E-state index in [0.29, 0.717) is 0 Å². The van der Waals surface area contributed by atoms with E-state index in [1.807, 2.05) is 0 Å². The van der Waals surface area contributed by atoms with Crippen molar-refractivity contribution < 1.29 is 0 Å². The van der Waals surface area contributed by atoms with Crippen molar-refractivity contribution in [3.63, 3.8) is 0 Å². The van der Waals surface area contributed by atoms with Gasteiger partial charge in [-0.15, -0.1) is 0 Å². The first-order valence-electron chi connectivity index (χ1n) is 23.0. The van der Waals surface area contributed by atoms with E-state index in [-0.39, 0.29) is 33.8 Å². The molecular weight excluding hydrogens is 735 g/mol. The van der Waals surface area contributed by atoms with Crippen LogP contribution in [-0.4, -0.2) is 6.71 Å². The molecular formula is C58H65BN2. The van der Waals surface area contributed by atoms with Crippen molar-refractivity contribution in [3.8, 4) is 11.1 Å². The molecule has 4 aliphatic rings. The first-order valence-corrected chi connectivity index (χ1v) is 23.0. The van der Waals surface area contributed by atoms with Gasteiger partial charge in [-0.2, -0.15) is 0 Å². The maximum absolute atomic E-state index is 2.71. The summed E-state index contributed by atoms with van der Waals surface area (Å²) in [7, 11) is 0. The number of nitrogens with zero attached hydrogens (tertiary/aromatic N) is 2. The Morgan fingerprint density at radius 2 is 1.00 bits per heavy atom. The van der Waals surface area contributed by atoms with E-state index in [1.165, 1.54) is 119 Å². The van der Waals surface area contributed by atoms with Gasteiger partial charge < -0.3 is 9.80 Å². The molecule has 6 aromatic rings. The second kappa shape index (κ2) is 13.0. The highest BCUT2D eigenvalue weighted by Crippen LogP contribution is 2.55. The highest BCUT2D eigenvalue weighted by molar-refractivity contribution is 7.00. The van der Waals surface area contributed by atoms with Crippen LogP contribution in [0.3, 0.4) is 0 Å². The summed E-state index contributed by atoms with van der Waals surface area (Å²) < 4.78 is 0. The summed E-state index contributed by atoms with van der Waals surface area (Å²) in [6, 6.07) is 40.8. The molecule has 10 rings (SSSR count). The molecule has 310 valence electrons. The lowest BCUT2D eigenvalue weighted by molar-refractivity contribution is 0.332. The number of hydrogen-bond acceptors (Lipinski definition) is 2. The second-order valence-corrected chi connectivity index (χ2v) is 23.1. The van der Waals surface area contributed by atoms with Crippen LogP contribution >= 0.6 is 0 Å². The van der Waals surface area contributed by atoms with Crippen LogP contribution in [0.5, 0.6) is 0 Å². The molecule has 2 aliphatic carbocycles. The normalized spacial score (nSPS) is 18.6. The number of fused-ring (bicyclic) bond motifs is 6. The van der Waals surface area contributed by atoms with E-state index in [9.17, 15) is 0 Å². The summed E-state index contributed by atoms with van der Waals surface area (Å²) >= 11 is 0. The number of rotatable bonds is 3. The van der Waals surface area contributed by atoms with Crippen LogP contribution in [0.4, 0.5) is 34.1 Å². The number of anilines is 6. The van der Waals surface area contributed by atoms with Crippen molar-refractivity contribution in [1.82, 2.24) is 0 Å². The summed E-state index contributed by atoms with van der Waals surface area (Å²) in [4.78, 5) is 5.34. The van der Waals surface area contributed by atoms with Gasteiger partial charge in [0.25, 0.3) is 6.71 Å². The molecule has 0 atom stereocenters. The summed E-state index contributed by atoms with van der Waals surface area (Å²) in [6.07, 6.45) is 3.54. The summed E-state index contributed by atoms with van der Waals surface area (Å²) in [5.41, 5.74) is 26.2. The quantitative estimate of drug-likeness (QED) is 0.164. The summed E-state index contributed by atoms with van der Waals surface area (Å²) in [5.74, 6) is 0. The van der Waals surface area contributed by atoms with E-state index in [2.05, 4.69) is 210 Å². The Balaban J connectivity index is 1.31. The molecule has 6 aromatic carbocycles. The van der Waals surface area contributed by atoms with Crippen molar-refractivity contribution in [1.29, 1.82) is 0 Å². The minimum atomic E-state index is -0.00499. The molecule has 0 saturated carbocycles. The van der Waals surface area contributed by atoms with Gasteiger partial charge in [-0.1, -0.05) is 137 Å². The average molecular weight is 801 g/mol. The Morgan fingerprint density at radius 3 is 1.62 bits per heavy atom. The van der Waals surface area contributed by atoms with Crippen LogP contribution < -0.4 is 26.2 Å².